The molecule has 2 heterocycles. The average Bonchev–Trinajstić information content (AvgIpc) is 2.96. The molecule has 0 saturated carbocycles. The van der Waals surface area contributed by atoms with Crippen LogP contribution in [0.1, 0.15) is 24.0 Å². The van der Waals surface area contributed by atoms with Gasteiger partial charge in [-0.25, -0.2) is 9.97 Å². The van der Waals surface area contributed by atoms with Gasteiger partial charge in [-0.3, -0.25) is 4.79 Å². The highest BCUT2D eigenvalue weighted by Gasteiger charge is 2.30. The number of benzene rings is 3. The van der Waals surface area contributed by atoms with Crippen molar-refractivity contribution in [2.24, 2.45) is 5.92 Å². The average molecular weight is 551 g/mol. The van der Waals surface area contributed by atoms with Crippen LogP contribution in [0.3, 0.4) is 0 Å². The Balaban J connectivity index is 1.30. The van der Waals surface area contributed by atoms with Crippen LogP contribution >= 0.6 is 0 Å². The van der Waals surface area contributed by atoms with Gasteiger partial charge in [-0.2, -0.15) is 13.2 Å². The van der Waals surface area contributed by atoms with E-state index < -0.39 is 11.7 Å². The number of aromatic nitrogens is 2. The molecule has 1 aliphatic rings. The SMILES string of the molecule is COc1cc2ncnc(-c3ccc(NC(=O)Cc4ccc(C(F)(F)F)cc4)cc3)c2cc1OCC1CCCNC1. The Kier molecular flexibility index (Phi) is 8.16. The molecular formula is C30H29F3N4O3. The van der Waals surface area contributed by atoms with Crippen molar-refractivity contribution in [3.05, 3.63) is 78.1 Å². The molecule has 1 aliphatic heterocycles. The molecule has 40 heavy (non-hydrogen) atoms. The third kappa shape index (κ3) is 6.51. The second-order valence-corrected chi connectivity index (χ2v) is 9.76. The number of piperidine rings is 1. The number of fused-ring (bicyclic) bond motifs is 1. The zero-order chi connectivity index (χ0) is 28.1. The number of amides is 1. The third-order valence-corrected chi connectivity index (χ3v) is 6.88. The van der Waals surface area contributed by atoms with Crippen molar-refractivity contribution < 1.29 is 27.4 Å². The number of carbonyl (C=O) groups excluding carboxylic acids is 1. The van der Waals surface area contributed by atoms with Crippen molar-refractivity contribution in [1.82, 2.24) is 15.3 Å². The van der Waals surface area contributed by atoms with Gasteiger partial charge < -0.3 is 20.1 Å². The van der Waals surface area contributed by atoms with E-state index in [0.717, 1.165) is 49.0 Å². The molecule has 1 fully saturated rings. The number of rotatable bonds is 8. The second-order valence-electron chi connectivity index (χ2n) is 9.76. The lowest BCUT2D eigenvalue weighted by Crippen LogP contribution is -2.33. The normalized spacial score (nSPS) is 15.6. The molecule has 2 N–H and O–H groups in total. The van der Waals surface area contributed by atoms with E-state index in [1.165, 1.54) is 18.5 Å². The van der Waals surface area contributed by atoms with Crippen LogP contribution in [0.2, 0.25) is 0 Å². The maximum Gasteiger partial charge on any atom is 0.416 e. The summed E-state index contributed by atoms with van der Waals surface area (Å²) >= 11 is 0. The molecular weight excluding hydrogens is 521 g/mol. The lowest BCUT2D eigenvalue weighted by molar-refractivity contribution is -0.137. The highest BCUT2D eigenvalue weighted by atomic mass is 19.4. The summed E-state index contributed by atoms with van der Waals surface area (Å²) in [6.45, 7) is 2.55. The van der Waals surface area contributed by atoms with Crippen molar-refractivity contribution in [1.29, 1.82) is 0 Å². The molecule has 1 aromatic heterocycles. The summed E-state index contributed by atoms with van der Waals surface area (Å²) in [5, 5.41) is 6.99. The van der Waals surface area contributed by atoms with Crippen LogP contribution in [0.25, 0.3) is 22.2 Å². The van der Waals surface area contributed by atoms with Gasteiger partial charge in [-0.05, 0) is 55.3 Å². The molecule has 4 aromatic rings. The van der Waals surface area contributed by atoms with E-state index in [1.54, 1.807) is 19.2 Å². The maximum atomic E-state index is 12.8. The number of nitrogens with one attached hydrogen (secondary N) is 2. The van der Waals surface area contributed by atoms with Crippen LogP contribution in [0.4, 0.5) is 18.9 Å². The number of nitrogens with zero attached hydrogens (tertiary/aromatic N) is 2. The van der Waals surface area contributed by atoms with Crippen molar-refractivity contribution >= 4 is 22.5 Å². The molecule has 0 aliphatic carbocycles. The van der Waals surface area contributed by atoms with Crippen LogP contribution < -0.4 is 20.1 Å². The summed E-state index contributed by atoms with van der Waals surface area (Å²) in [6.07, 6.45) is -0.718. The number of methoxy groups -OCH3 is 1. The van der Waals surface area contributed by atoms with Crippen LogP contribution in [0.5, 0.6) is 11.5 Å². The first-order valence-corrected chi connectivity index (χ1v) is 13.0. The van der Waals surface area contributed by atoms with Crippen molar-refractivity contribution in [2.75, 3.05) is 32.1 Å². The van der Waals surface area contributed by atoms with E-state index in [-0.39, 0.29) is 12.3 Å². The van der Waals surface area contributed by atoms with Gasteiger partial charge >= 0.3 is 6.18 Å². The van der Waals surface area contributed by atoms with Crippen LogP contribution in [-0.4, -0.2) is 42.7 Å². The van der Waals surface area contributed by atoms with Gasteiger partial charge in [0.1, 0.15) is 6.33 Å². The number of hydrogen-bond donors (Lipinski definition) is 2. The lowest BCUT2D eigenvalue weighted by Gasteiger charge is -2.23. The van der Waals surface area contributed by atoms with Gasteiger partial charge in [0, 0.05) is 35.2 Å². The number of hydrogen-bond acceptors (Lipinski definition) is 6. The molecule has 208 valence electrons. The largest absolute Gasteiger partial charge is 0.493 e. The molecule has 1 amide bonds. The standard InChI is InChI=1S/C30H29F3N4O3/c1-39-26-15-25-24(14-27(26)40-17-20-3-2-12-34-16-20)29(36-18-35-25)21-6-10-23(11-7-21)37-28(38)13-19-4-8-22(9-5-19)30(31,32)33/h4-11,14-15,18,20,34H,2-3,12-13,16-17H2,1H3,(H,37,38). The number of anilines is 1. The second kappa shape index (κ2) is 11.9. The minimum atomic E-state index is -4.41. The third-order valence-electron chi connectivity index (χ3n) is 6.88. The fourth-order valence-electron chi connectivity index (χ4n) is 4.75. The molecule has 3 aromatic carbocycles. The fraction of sp³-hybridized carbons (Fsp3) is 0.300. The lowest BCUT2D eigenvalue weighted by atomic mass is 10.0. The molecule has 1 unspecified atom stereocenters. The van der Waals surface area contributed by atoms with Crippen molar-refractivity contribution in [3.8, 4) is 22.8 Å². The zero-order valence-electron chi connectivity index (χ0n) is 21.9. The zero-order valence-corrected chi connectivity index (χ0v) is 21.9. The predicted molar refractivity (Wildman–Crippen MR) is 146 cm³/mol. The van der Waals surface area contributed by atoms with E-state index in [4.69, 9.17) is 9.47 Å². The van der Waals surface area contributed by atoms with Gasteiger partial charge in [0.25, 0.3) is 0 Å². The minimum Gasteiger partial charge on any atom is -0.493 e. The maximum absolute atomic E-state index is 12.8. The van der Waals surface area contributed by atoms with E-state index in [1.807, 2.05) is 24.3 Å². The van der Waals surface area contributed by atoms with Gasteiger partial charge in [-0.1, -0.05) is 24.3 Å². The Morgan fingerprint density at radius 2 is 1.82 bits per heavy atom. The number of carbonyl (C=O) groups is 1. The monoisotopic (exact) mass is 550 g/mol. The summed E-state index contributed by atoms with van der Waals surface area (Å²) in [7, 11) is 1.60. The molecule has 1 saturated heterocycles. The number of halogens is 3. The molecule has 0 spiro atoms. The molecule has 7 nitrogen and oxygen atoms in total. The molecule has 10 heteroatoms. The molecule has 1 atom stereocenters. The summed E-state index contributed by atoms with van der Waals surface area (Å²) in [5.41, 5.74) is 2.54. The van der Waals surface area contributed by atoms with Gasteiger partial charge in [0.15, 0.2) is 11.5 Å². The highest BCUT2D eigenvalue weighted by Crippen LogP contribution is 2.36. The smallest absolute Gasteiger partial charge is 0.416 e. The quantitative estimate of drug-likeness (QED) is 0.285. The van der Waals surface area contributed by atoms with E-state index >= 15 is 0 Å². The first-order valence-electron chi connectivity index (χ1n) is 13.0. The van der Waals surface area contributed by atoms with Crippen molar-refractivity contribution in [3.63, 3.8) is 0 Å². The fourth-order valence-corrected chi connectivity index (χ4v) is 4.75. The van der Waals surface area contributed by atoms with Gasteiger partial charge in [0.05, 0.1) is 36.9 Å². The van der Waals surface area contributed by atoms with Crippen LogP contribution in [0.15, 0.2) is 67.0 Å². The number of alkyl halides is 3. The molecule has 0 radical (unpaired) electrons. The summed E-state index contributed by atoms with van der Waals surface area (Å²) < 4.78 is 50.0. The van der Waals surface area contributed by atoms with Crippen molar-refractivity contribution in [2.45, 2.75) is 25.4 Å². The van der Waals surface area contributed by atoms with E-state index in [0.29, 0.717) is 46.5 Å². The van der Waals surface area contributed by atoms with Gasteiger partial charge in [-0.15, -0.1) is 0 Å². The predicted octanol–water partition coefficient (Wildman–Crippen LogP) is 5.88. The van der Waals surface area contributed by atoms with E-state index in [9.17, 15) is 18.0 Å². The Hall–Kier alpha value is -4.18. The Labute approximate surface area is 229 Å². The summed E-state index contributed by atoms with van der Waals surface area (Å²) in [6, 6.07) is 15.5. The Bertz CT molecular complexity index is 1470. The number of ether oxygens (including phenoxy) is 2. The summed E-state index contributed by atoms with van der Waals surface area (Å²) in [5.74, 6) is 1.33. The van der Waals surface area contributed by atoms with Crippen LogP contribution in [0, 0.1) is 5.92 Å². The topological polar surface area (TPSA) is 85.4 Å². The van der Waals surface area contributed by atoms with Gasteiger partial charge in [0.2, 0.25) is 5.91 Å². The highest BCUT2D eigenvalue weighted by molar-refractivity contribution is 5.95. The first kappa shape index (κ1) is 27.4. The molecule has 5 rings (SSSR count). The minimum absolute atomic E-state index is 0.0437. The Morgan fingerprint density at radius 1 is 1.05 bits per heavy atom. The van der Waals surface area contributed by atoms with E-state index in [2.05, 4.69) is 20.6 Å². The Morgan fingerprint density at radius 3 is 2.50 bits per heavy atom. The first-order chi connectivity index (χ1) is 19.3. The summed E-state index contributed by atoms with van der Waals surface area (Å²) in [4.78, 5) is 21.4. The van der Waals surface area contributed by atoms with Crippen LogP contribution in [-0.2, 0) is 17.4 Å². The molecule has 0 bridgehead atoms.